The van der Waals surface area contributed by atoms with Crippen molar-refractivity contribution in [3.05, 3.63) is 63.7 Å². The maximum atomic E-state index is 13.4. The van der Waals surface area contributed by atoms with Gasteiger partial charge in [0.15, 0.2) is 0 Å². The molecule has 0 bridgehead atoms. The molecule has 8 nitrogen and oxygen atoms in total. The minimum Gasteiger partial charge on any atom is -0.497 e. The van der Waals surface area contributed by atoms with Crippen molar-refractivity contribution in [3.8, 4) is 5.75 Å². The Morgan fingerprint density at radius 3 is 2.39 bits per heavy atom. The zero-order valence-corrected chi connectivity index (χ0v) is 20.4. The molecule has 11 heteroatoms. The molecule has 0 spiro atoms. The number of halogens is 3. The number of ether oxygens (including phenoxy) is 2. The summed E-state index contributed by atoms with van der Waals surface area (Å²) in [5.41, 5.74) is 0.856. The first-order valence-corrected chi connectivity index (χ1v) is 10.9. The highest BCUT2D eigenvalue weighted by Crippen LogP contribution is 2.34. The number of urea groups is 1. The number of carbonyl (C=O) groups excluding carboxylic acids is 1. The van der Waals surface area contributed by atoms with Gasteiger partial charge in [-0.1, -0.05) is 34.8 Å². The van der Waals surface area contributed by atoms with Crippen LogP contribution in [0.2, 0.25) is 15.1 Å². The van der Waals surface area contributed by atoms with E-state index in [2.05, 4.69) is 15.3 Å². The molecule has 3 aromatic rings. The lowest BCUT2D eigenvalue weighted by atomic mass is 10.2. The van der Waals surface area contributed by atoms with Gasteiger partial charge in [-0.2, -0.15) is 4.98 Å². The molecule has 0 atom stereocenters. The van der Waals surface area contributed by atoms with Crippen LogP contribution in [0.4, 0.5) is 27.9 Å². The number of nitrogens with one attached hydrogen (secondary N) is 1. The quantitative estimate of drug-likeness (QED) is 0.380. The minimum absolute atomic E-state index is 0.245. The Hall–Kier alpha value is -2.78. The van der Waals surface area contributed by atoms with E-state index in [1.165, 1.54) is 17.0 Å². The maximum Gasteiger partial charge on any atom is 0.332 e. The molecule has 2 aromatic carbocycles. The van der Waals surface area contributed by atoms with Gasteiger partial charge in [0.1, 0.15) is 11.6 Å². The number of aromatic nitrogens is 2. The van der Waals surface area contributed by atoms with Crippen LogP contribution in [-0.2, 0) is 4.74 Å². The monoisotopic (exact) mass is 509 g/mol. The third-order valence-electron chi connectivity index (χ3n) is 4.61. The summed E-state index contributed by atoms with van der Waals surface area (Å²) >= 11 is 18.4. The molecule has 1 N–H and O–H groups in total. The summed E-state index contributed by atoms with van der Waals surface area (Å²) in [6, 6.07) is 11.0. The Labute approximate surface area is 207 Å². The molecule has 0 fully saturated rings. The second kappa shape index (κ2) is 11.4. The van der Waals surface area contributed by atoms with E-state index in [0.29, 0.717) is 42.0 Å². The smallest absolute Gasteiger partial charge is 0.332 e. The number of carbonyl (C=O) groups is 1. The zero-order valence-electron chi connectivity index (χ0n) is 18.2. The van der Waals surface area contributed by atoms with Gasteiger partial charge < -0.3 is 19.7 Å². The molecule has 33 heavy (non-hydrogen) atoms. The first kappa shape index (κ1) is 24.9. The minimum atomic E-state index is -0.510. The number of likely N-dealkylation sites (N-methyl/N-ethyl adjacent to an activating group) is 1. The largest absolute Gasteiger partial charge is 0.497 e. The lowest BCUT2D eigenvalue weighted by Gasteiger charge is -2.24. The Morgan fingerprint density at radius 1 is 1.03 bits per heavy atom. The Bertz CT molecular complexity index is 1110. The van der Waals surface area contributed by atoms with E-state index in [4.69, 9.17) is 44.3 Å². The Kier molecular flexibility index (Phi) is 8.57. The summed E-state index contributed by atoms with van der Waals surface area (Å²) in [6.45, 7) is 1.08. The molecule has 0 aliphatic rings. The van der Waals surface area contributed by atoms with E-state index < -0.39 is 6.03 Å². The number of anilines is 4. The fourth-order valence-electron chi connectivity index (χ4n) is 2.85. The van der Waals surface area contributed by atoms with Gasteiger partial charge in [0, 0.05) is 33.0 Å². The van der Waals surface area contributed by atoms with E-state index >= 15 is 0 Å². The first-order valence-electron chi connectivity index (χ1n) is 9.77. The van der Waals surface area contributed by atoms with E-state index in [1.54, 1.807) is 50.7 Å². The molecule has 0 aliphatic heterocycles. The summed E-state index contributed by atoms with van der Waals surface area (Å²) in [4.78, 5) is 25.5. The average Bonchev–Trinajstić information content (AvgIpc) is 2.81. The highest BCUT2D eigenvalue weighted by Gasteiger charge is 2.22. The lowest BCUT2D eigenvalue weighted by molar-refractivity contribution is 0.206. The third kappa shape index (κ3) is 6.17. The summed E-state index contributed by atoms with van der Waals surface area (Å²) in [7, 11) is 5.03. The van der Waals surface area contributed by atoms with Crippen molar-refractivity contribution in [2.24, 2.45) is 0 Å². The summed E-state index contributed by atoms with van der Waals surface area (Å²) in [6.07, 6.45) is 1.58. The van der Waals surface area contributed by atoms with Crippen LogP contribution in [-0.4, -0.2) is 50.4 Å². The molecule has 174 valence electrons. The second-order valence-corrected chi connectivity index (χ2v) is 8.06. The maximum absolute atomic E-state index is 13.4. The number of nitrogens with zero attached hydrogens (tertiary/aromatic N) is 4. The fraction of sp³-hybridized carbons (Fsp3) is 0.227. The third-order valence-corrected chi connectivity index (χ3v) is 5.65. The van der Waals surface area contributed by atoms with Gasteiger partial charge in [0.2, 0.25) is 5.95 Å². The van der Waals surface area contributed by atoms with Gasteiger partial charge in [-0.15, -0.1) is 0 Å². The number of rotatable bonds is 8. The van der Waals surface area contributed by atoms with Crippen LogP contribution < -0.4 is 19.9 Å². The molecule has 2 amide bonds. The van der Waals surface area contributed by atoms with E-state index in [-0.39, 0.29) is 15.1 Å². The van der Waals surface area contributed by atoms with Crippen molar-refractivity contribution >= 4 is 64.0 Å². The van der Waals surface area contributed by atoms with Gasteiger partial charge in [-0.3, -0.25) is 0 Å². The molecular weight excluding hydrogens is 489 g/mol. The van der Waals surface area contributed by atoms with Gasteiger partial charge in [-0.25, -0.2) is 14.7 Å². The molecule has 1 aromatic heterocycles. The zero-order chi connectivity index (χ0) is 24.0. The second-order valence-electron chi connectivity index (χ2n) is 6.84. The summed E-state index contributed by atoms with van der Waals surface area (Å²) in [5.74, 6) is 1.43. The van der Waals surface area contributed by atoms with Crippen molar-refractivity contribution in [1.82, 2.24) is 9.97 Å². The van der Waals surface area contributed by atoms with Crippen molar-refractivity contribution in [2.75, 3.05) is 49.5 Å². The number of benzene rings is 2. The van der Waals surface area contributed by atoms with Crippen LogP contribution in [0, 0.1) is 0 Å². The van der Waals surface area contributed by atoms with E-state index in [0.717, 1.165) is 0 Å². The molecule has 0 unspecified atom stereocenters. The van der Waals surface area contributed by atoms with E-state index in [9.17, 15) is 4.79 Å². The summed E-state index contributed by atoms with van der Waals surface area (Å²) < 4.78 is 10.4. The molecule has 3 rings (SSSR count). The highest BCUT2D eigenvalue weighted by atomic mass is 35.5. The van der Waals surface area contributed by atoms with Crippen molar-refractivity contribution in [3.63, 3.8) is 0 Å². The van der Waals surface area contributed by atoms with Crippen molar-refractivity contribution in [2.45, 2.75) is 0 Å². The molecule has 0 saturated carbocycles. The van der Waals surface area contributed by atoms with Crippen LogP contribution in [0.25, 0.3) is 0 Å². The van der Waals surface area contributed by atoms with Crippen molar-refractivity contribution < 1.29 is 14.3 Å². The predicted molar refractivity (Wildman–Crippen MR) is 133 cm³/mol. The number of amides is 2. The summed E-state index contributed by atoms with van der Waals surface area (Å²) in [5, 5.41) is 3.56. The fourth-order valence-corrected chi connectivity index (χ4v) is 3.44. The van der Waals surface area contributed by atoms with Gasteiger partial charge >= 0.3 is 6.03 Å². The van der Waals surface area contributed by atoms with Crippen LogP contribution >= 0.6 is 34.8 Å². The van der Waals surface area contributed by atoms with Crippen LogP contribution in [0.3, 0.4) is 0 Å². The normalized spacial score (nSPS) is 10.6. The van der Waals surface area contributed by atoms with Crippen LogP contribution in [0.5, 0.6) is 5.75 Å². The Balaban J connectivity index is 2.00. The SMILES string of the molecule is COCCN(C)c1nccc(N(C(=O)Nc2cc(Cl)c(Cl)cc2Cl)c2ccc(OC)cc2)n1. The lowest BCUT2D eigenvalue weighted by Crippen LogP contribution is -2.32. The van der Waals surface area contributed by atoms with Crippen LogP contribution in [0.1, 0.15) is 0 Å². The topological polar surface area (TPSA) is 79.8 Å². The number of methoxy groups -OCH3 is 2. The van der Waals surface area contributed by atoms with Crippen LogP contribution in [0.15, 0.2) is 48.7 Å². The molecule has 0 aliphatic carbocycles. The average molecular weight is 511 g/mol. The molecular formula is C22H22Cl3N5O3. The van der Waals surface area contributed by atoms with Gasteiger partial charge in [0.05, 0.1) is 40.2 Å². The Morgan fingerprint density at radius 2 is 1.73 bits per heavy atom. The van der Waals surface area contributed by atoms with Gasteiger partial charge in [0.25, 0.3) is 0 Å². The molecule has 0 saturated heterocycles. The first-order chi connectivity index (χ1) is 15.8. The molecule has 0 radical (unpaired) electrons. The standard InChI is InChI=1S/C22H22Cl3N5O3/c1-29(10-11-32-2)21-26-9-8-20(28-21)30(14-4-6-15(33-3)7-5-14)22(31)27-19-13-17(24)16(23)12-18(19)25/h4-9,12-13H,10-11H2,1-3H3,(H,27,31). The predicted octanol–water partition coefficient (Wildman–Crippen LogP) is 5.90. The highest BCUT2D eigenvalue weighted by molar-refractivity contribution is 6.44. The number of hydrogen-bond donors (Lipinski definition) is 1. The van der Waals surface area contributed by atoms with E-state index in [1.807, 2.05) is 11.9 Å². The van der Waals surface area contributed by atoms with Crippen molar-refractivity contribution in [1.29, 1.82) is 0 Å². The number of hydrogen-bond acceptors (Lipinski definition) is 6. The molecule has 1 heterocycles. The van der Waals surface area contributed by atoms with Gasteiger partial charge in [-0.05, 0) is 36.4 Å².